The van der Waals surface area contributed by atoms with Crippen molar-refractivity contribution in [1.29, 1.82) is 5.26 Å². The van der Waals surface area contributed by atoms with Gasteiger partial charge in [-0.3, -0.25) is 9.69 Å². The van der Waals surface area contributed by atoms with E-state index in [0.29, 0.717) is 25.3 Å². The number of ether oxygens (including phenoxy) is 1. The van der Waals surface area contributed by atoms with Crippen LogP contribution in [0.3, 0.4) is 0 Å². The number of benzene rings is 2. The van der Waals surface area contributed by atoms with Crippen LogP contribution >= 0.6 is 0 Å². The number of nitrogen functional groups attached to an aromatic ring is 1. The average molecular weight is 550 g/mol. The zero-order valence-corrected chi connectivity index (χ0v) is 23.7. The zero-order chi connectivity index (χ0) is 29.0. The molecule has 4 aromatic rings. The van der Waals surface area contributed by atoms with Crippen LogP contribution in [0.5, 0.6) is 11.5 Å². The number of aromatic nitrogens is 3. The molecular formula is C32H35N7O2. The van der Waals surface area contributed by atoms with E-state index in [1.54, 1.807) is 6.08 Å². The molecule has 0 spiro atoms. The number of carbonyl (C=O) groups excluding carboxylic acids is 1. The number of likely N-dealkylation sites (N-methyl/N-ethyl adjacent to an activating group) is 1. The van der Waals surface area contributed by atoms with Gasteiger partial charge in [0.2, 0.25) is 5.91 Å². The summed E-state index contributed by atoms with van der Waals surface area (Å²) in [6.45, 7) is 3.28. The summed E-state index contributed by atoms with van der Waals surface area (Å²) in [5.41, 5.74) is 8.47. The first kappa shape index (κ1) is 27.9. The normalized spacial score (nSPS) is 16.8. The topological polar surface area (TPSA) is 113 Å². The lowest BCUT2D eigenvalue weighted by Gasteiger charge is -2.35. The Balaban J connectivity index is 1.40. The molecule has 1 aliphatic rings. The molecule has 41 heavy (non-hydrogen) atoms. The number of likely N-dealkylation sites (tertiary alicyclic amines) is 1. The maximum Gasteiger partial charge on any atom is 0.225 e. The number of amides is 1. The minimum atomic E-state index is -0.550. The minimum absolute atomic E-state index is 0.0233. The second kappa shape index (κ2) is 11.8. The lowest BCUT2D eigenvalue weighted by atomic mass is 9.94. The molecule has 0 saturated carbocycles. The molecule has 5 rings (SSSR count). The van der Waals surface area contributed by atoms with Crippen molar-refractivity contribution >= 4 is 22.8 Å². The summed E-state index contributed by atoms with van der Waals surface area (Å²) in [5, 5.41) is 9.84. The van der Waals surface area contributed by atoms with Crippen molar-refractivity contribution < 1.29 is 9.53 Å². The molecule has 1 unspecified atom stereocenters. The molecular weight excluding hydrogens is 514 g/mol. The minimum Gasteiger partial charge on any atom is -0.457 e. The van der Waals surface area contributed by atoms with Gasteiger partial charge in [-0.1, -0.05) is 36.4 Å². The third kappa shape index (κ3) is 5.93. The highest BCUT2D eigenvalue weighted by molar-refractivity contribution is 6.00. The van der Waals surface area contributed by atoms with Crippen LogP contribution in [-0.2, 0) is 11.3 Å². The van der Waals surface area contributed by atoms with E-state index in [1.807, 2.05) is 91.5 Å². The van der Waals surface area contributed by atoms with Gasteiger partial charge in [-0.05, 0) is 63.7 Å². The lowest BCUT2D eigenvalue weighted by Crippen LogP contribution is -2.46. The number of nitrogens with two attached hydrogens (primary N) is 1. The fourth-order valence-electron chi connectivity index (χ4n) is 5.40. The fraction of sp³-hybridized carbons (Fsp3) is 0.312. The molecule has 3 heterocycles. The highest BCUT2D eigenvalue weighted by Gasteiger charge is 2.35. The standard InChI is InChI=1S/C32H35N7O2/c1-32(37(2)3,16-8-17-33)19-28(40)39-18-7-9-24(39)20-38-21-27(29-30(34)35-22-36-31(29)38)23-12-14-26(15-13-23)41-25-10-5-4-6-11-25/h4-6,8,10-16,21-22,24H,7,9,18-20H2,1-3H3,(H2,34,35,36)/b16-8+/t24?,32-/m1/s1. The molecule has 2 aromatic carbocycles. The van der Waals surface area contributed by atoms with Gasteiger partial charge in [-0.15, -0.1) is 0 Å². The second-order valence-electron chi connectivity index (χ2n) is 10.9. The Morgan fingerprint density at radius 2 is 1.90 bits per heavy atom. The number of para-hydroxylation sites is 1. The smallest absolute Gasteiger partial charge is 0.225 e. The Morgan fingerprint density at radius 3 is 2.61 bits per heavy atom. The molecule has 1 saturated heterocycles. The molecule has 9 heteroatoms. The van der Waals surface area contributed by atoms with Crippen molar-refractivity contribution in [3.8, 4) is 28.7 Å². The van der Waals surface area contributed by atoms with Gasteiger partial charge < -0.3 is 19.9 Å². The number of nitriles is 1. The predicted octanol–water partition coefficient (Wildman–Crippen LogP) is 5.25. The van der Waals surface area contributed by atoms with Crippen LogP contribution in [0.1, 0.15) is 26.2 Å². The van der Waals surface area contributed by atoms with Crippen LogP contribution in [0, 0.1) is 11.3 Å². The van der Waals surface area contributed by atoms with Gasteiger partial charge in [0.25, 0.3) is 0 Å². The van der Waals surface area contributed by atoms with Gasteiger partial charge >= 0.3 is 0 Å². The number of fused-ring (bicyclic) bond motifs is 1. The zero-order valence-electron chi connectivity index (χ0n) is 23.7. The second-order valence-corrected chi connectivity index (χ2v) is 10.9. The lowest BCUT2D eigenvalue weighted by molar-refractivity contribution is -0.134. The van der Waals surface area contributed by atoms with E-state index < -0.39 is 5.54 Å². The highest BCUT2D eigenvalue weighted by Crippen LogP contribution is 2.35. The summed E-state index contributed by atoms with van der Waals surface area (Å²) >= 11 is 0. The summed E-state index contributed by atoms with van der Waals surface area (Å²) in [6.07, 6.45) is 8.93. The van der Waals surface area contributed by atoms with E-state index in [9.17, 15) is 4.79 Å². The number of carbonyl (C=O) groups is 1. The Kier molecular flexibility index (Phi) is 8.04. The van der Waals surface area contributed by atoms with E-state index in [2.05, 4.69) is 20.7 Å². The molecule has 2 aromatic heterocycles. The summed E-state index contributed by atoms with van der Waals surface area (Å²) in [7, 11) is 3.85. The molecule has 0 bridgehead atoms. The predicted molar refractivity (Wildman–Crippen MR) is 160 cm³/mol. The molecule has 1 aliphatic heterocycles. The highest BCUT2D eigenvalue weighted by atomic mass is 16.5. The molecule has 0 aliphatic carbocycles. The van der Waals surface area contributed by atoms with E-state index in [0.717, 1.165) is 46.5 Å². The van der Waals surface area contributed by atoms with Gasteiger partial charge in [0.15, 0.2) is 0 Å². The maximum absolute atomic E-state index is 13.6. The summed E-state index contributed by atoms with van der Waals surface area (Å²) in [6, 6.07) is 19.6. The van der Waals surface area contributed by atoms with Gasteiger partial charge in [0.1, 0.15) is 29.3 Å². The molecule has 1 fully saturated rings. The Bertz CT molecular complexity index is 1590. The number of rotatable bonds is 9. The number of allylic oxidation sites excluding steroid dienone is 1. The molecule has 9 nitrogen and oxygen atoms in total. The van der Waals surface area contributed by atoms with Crippen LogP contribution < -0.4 is 10.5 Å². The van der Waals surface area contributed by atoms with Crippen molar-refractivity contribution in [1.82, 2.24) is 24.3 Å². The van der Waals surface area contributed by atoms with Gasteiger partial charge in [-0.2, -0.15) is 5.26 Å². The van der Waals surface area contributed by atoms with Crippen molar-refractivity contribution in [2.24, 2.45) is 0 Å². The monoisotopic (exact) mass is 549 g/mol. The van der Waals surface area contributed by atoms with Gasteiger partial charge in [-0.25, -0.2) is 9.97 Å². The number of hydrogen-bond donors (Lipinski definition) is 1. The molecule has 1 amide bonds. The average Bonchev–Trinajstić information content (AvgIpc) is 3.59. The van der Waals surface area contributed by atoms with E-state index in [-0.39, 0.29) is 11.9 Å². The van der Waals surface area contributed by atoms with Crippen LogP contribution in [0.4, 0.5) is 5.82 Å². The first-order chi connectivity index (χ1) is 19.8. The third-order valence-corrected chi connectivity index (χ3v) is 7.98. The van der Waals surface area contributed by atoms with Crippen LogP contribution in [0.2, 0.25) is 0 Å². The molecule has 2 atom stereocenters. The third-order valence-electron chi connectivity index (χ3n) is 7.98. The Labute approximate surface area is 240 Å². The number of anilines is 1. The van der Waals surface area contributed by atoms with Gasteiger partial charge in [0.05, 0.1) is 11.5 Å². The summed E-state index contributed by atoms with van der Waals surface area (Å²) in [4.78, 5) is 26.4. The number of nitrogens with zero attached hydrogens (tertiary/aromatic N) is 6. The Hall–Kier alpha value is -4.68. The maximum atomic E-state index is 13.6. The first-order valence-electron chi connectivity index (χ1n) is 13.8. The fourth-order valence-corrected chi connectivity index (χ4v) is 5.40. The van der Waals surface area contributed by atoms with Crippen LogP contribution in [-0.4, -0.2) is 62.5 Å². The number of hydrogen-bond acceptors (Lipinski definition) is 7. The van der Waals surface area contributed by atoms with Crippen molar-refractivity contribution in [3.63, 3.8) is 0 Å². The summed E-state index contributed by atoms with van der Waals surface area (Å²) < 4.78 is 8.06. The largest absolute Gasteiger partial charge is 0.457 e. The summed E-state index contributed by atoms with van der Waals surface area (Å²) in [5.74, 6) is 2.00. The Morgan fingerprint density at radius 1 is 1.17 bits per heavy atom. The molecule has 0 radical (unpaired) electrons. The first-order valence-corrected chi connectivity index (χ1v) is 13.8. The molecule has 210 valence electrons. The van der Waals surface area contributed by atoms with E-state index in [4.69, 9.17) is 15.7 Å². The van der Waals surface area contributed by atoms with Crippen molar-refractivity contribution in [3.05, 3.63) is 79.3 Å². The molecule has 2 N–H and O–H groups in total. The van der Waals surface area contributed by atoms with E-state index in [1.165, 1.54) is 12.4 Å². The van der Waals surface area contributed by atoms with Gasteiger partial charge in [0, 0.05) is 48.9 Å². The van der Waals surface area contributed by atoms with E-state index >= 15 is 0 Å². The van der Waals surface area contributed by atoms with Crippen LogP contribution in [0.25, 0.3) is 22.2 Å². The van der Waals surface area contributed by atoms with Crippen molar-refractivity contribution in [2.45, 2.75) is 44.3 Å². The SMILES string of the molecule is CN(C)[C@](C)(/C=C/C#N)CC(=O)N1CCCC1Cn1cc(-c2ccc(Oc3ccccc3)cc2)c2c(N)ncnc21. The quantitative estimate of drug-likeness (QED) is 0.284. The van der Waals surface area contributed by atoms with Crippen LogP contribution in [0.15, 0.2) is 79.3 Å². The van der Waals surface area contributed by atoms with Crippen molar-refractivity contribution in [2.75, 3.05) is 26.4 Å².